The second-order valence-electron chi connectivity index (χ2n) is 7.58. The molecule has 15 heteroatoms. The van der Waals surface area contributed by atoms with E-state index in [1.54, 1.807) is 21.3 Å². The van der Waals surface area contributed by atoms with Crippen molar-refractivity contribution in [2.24, 2.45) is 0 Å². The summed E-state index contributed by atoms with van der Waals surface area (Å²) in [6.45, 7) is 2.33. The molecular weight excluding hydrogens is 514 g/mol. The Hall–Kier alpha value is -3.95. The van der Waals surface area contributed by atoms with E-state index >= 15 is 0 Å². The molecule has 0 unspecified atom stereocenters. The van der Waals surface area contributed by atoms with Gasteiger partial charge < -0.3 is 24.4 Å². The fraction of sp³-hybridized carbons (Fsp3) is 0.364. The number of nitro groups is 1. The molecular formula is C22H27N3O11S. The number of hydrogen-bond acceptors (Lipinski definition) is 10. The van der Waals surface area contributed by atoms with Crippen molar-refractivity contribution in [3.8, 4) is 17.2 Å². The largest absolute Gasteiger partial charge is 0.493 e. The zero-order chi connectivity index (χ0) is 27.8. The van der Waals surface area contributed by atoms with Gasteiger partial charge in [-0.3, -0.25) is 15.0 Å². The van der Waals surface area contributed by atoms with E-state index in [4.69, 9.17) is 34.0 Å². The molecule has 0 amide bonds. The topological polar surface area (TPSA) is 186 Å². The third kappa shape index (κ3) is 7.52. The first-order chi connectivity index (χ1) is 17.4. The highest BCUT2D eigenvalue weighted by atomic mass is 32.2. The number of nitro benzene ring substituents is 1. The Morgan fingerprint density at radius 3 is 1.78 bits per heavy atom. The van der Waals surface area contributed by atoms with Gasteiger partial charge in [0.05, 0.1) is 31.1 Å². The number of carbonyl (C=O) groups is 2. The normalized spacial score (nSPS) is 14.1. The third-order valence-corrected chi connectivity index (χ3v) is 7.24. The number of ether oxygens (including phenoxy) is 3. The van der Waals surface area contributed by atoms with Gasteiger partial charge in [-0.2, -0.15) is 4.31 Å². The quantitative estimate of drug-likeness (QED) is 0.277. The molecule has 37 heavy (non-hydrogen) atoms. The van der Waals surface area contributed by atoms with Gasteiger partial charge in [-0.25, -0.2) is 18.0 Å². The standard InChI is InChI=1S/C20H25N3O7S.C2H2O4/c1-28-18-12-15(13-19(29-2)20(18)30-3)14-21-8-10-22(11-9-21)31(26,27)17-6-4-16(5-7-17)23(24)25;3-1(4)2(5)6/h4-7,12-13H,8-11,14H2,1-3H3;(H,3,4)(H,5,6). The third-order valence-electron chi connectivity index (χ3n) is 5.33. The molecule has 202 valence electrons. The number of piperazine rings is 1. The molecule has 14 nitrogen and oxygen atoms in total. The minimum absolute atomic E-state index is 0.0520. The fourth-order valence-corrected chi connectivity index (χ4v) is 4.92. The number of aliphatic carboxylic acids is 2. The summed E-state index contributed by atoms with van der Waals surface area (Å²) in [4.78, 5) is 30.6. The molecule has 1 fully saturated rings. The van der Waals surface area contributed by atoms with E-state index < -0.39 is 26.9 Å². The van der Waals surface area contributed by atoms with Crippen molar-refractivity contribution in [2.75, 3.05) is 47.5 Å². The number of sulfonamides is 1. The number of non-ortho nitro benzene ring substituents is 1. The Morgan fingerprint density at radius 2 is 1.41 bits per heavy atom. The highest BCUT2D eigenvalue weighted by molar-refractivity contribution is 7.89. The predicted molar refractivity (Wildman–Crippen MR) is 129 cm³/mol. The minimum atomic E-state index is -3.70. The Kier molecular flexibility index (Phi) is 10.2. The summed E-state index contributed by atoms with van der Waals surface area (Å²) in [6.07, 6.45) is 0. The summed E-state index contributed by atoms with van der Waals surface area (Å²) in [5.41, 5.74) is 0.815. The zero-order valence-corrected chi connectivity index (χ0v) is 21.1. The zero-order valence-electron chi connectivity index (χ0n) is 20.3. The number of carboxylic acids is 2. The van der Waals surface area contributed by atoms with Crippen LogP contribution < -0.4 is 14.2 Å². The van der Waals surface area contributed by atoms with Gasteiger partial charge in [0, 0.05) is 44.9 Å². The van der Waals surface area contributed by atoms with Gasteiger partial charge in [0.2, 0.25) is 15.8 Å². The van der Waals surface area contributed by atoms with Crippen molar-refractivity contribution in [1.29, 1.82) is 0 Å². The van der Waals surface area contributed by atoms with Crippen LogP contribution in [0.15, 0.2) is 41.3 Å². The number of benzene rings is 2. The molecule has 1 saturated heterocycles. The lowest BCUT2D eigenvalue weighted by atomic mass is 10.1. The van der Waals surface area contributed by atoms with Crippen LogP contribution in [0.2, 0.25) is 0 Å². The average Bonchev–Trinajstić information content (AvgIpc) is 2.88. The van der Waals surface area contributed by atoms with Crippen molar-refractivity contribution in [3.63, 3.8) is 0 Å². The Labute approximate surface area is 212 Å². The van der Waals surface area contributed by atoms with Crippen molar-refractivity contribution in [1.82, 2.24) is 9.21 Å². The number of nitrogens with zero attached hydrogens (tertiary/aromatic N) is 3. The second-order valence-corrected chi connectivity index (χ2v) is 9.51. The lowest BCUT2D eigenvalue weighted by Crippen LogP contribution is -2.48. The van der Waals surface area contributed by atoms with Crippen LogP contribution in [0.3, 0.4) is 0 Å². The van der Waals surface area contributed by atoms with Crippen LogP contribution in [0.5, 0.6) is 17.2 Å². The molecule has 0 radical (unpaired) electrons. The summed E-state index contributed by atoms with van der Waals surface area (Å²) in [5.74, 6) is -2.00. The van der Waals surface area contributed by atoms with E-state index in [9.17, 15) is 18.5 Å². The SMILES string of the molecule is COc1cc(CN2CCN(S(=O)(=O)c3ccc([N+](=O)[O-])cc3)CC2)cc(OC)c1OC.O=C(O)C(=O)O. The van der Waals surface area contributed by atoms with Gasteiger partial charge in [-0.1, -0.05) is 0 Å². The summed E-state index contributed by atoms with van der Waals surface area (Å²) < 4.78 is 43.2. The van der Waals surface area contributed by atoms with E-state index in [-0.39, 0.29) is 10.6 Å². The highest BCUT2D eigenvalue weighted by Crippen LogP contribution is 2.38. The minimum Gasteiger partial charge on any atom is -0.493 e. The maximum absolute atomic E-state index is 12.9. The first-order valence-electron chi connectivity index (χ1n) is 10.7. The van der Waals surface area contributed by atoms with Crippen LogP contribution in [0, 0.1) is 10.1 Å². The van der Waals surface area contributed by atoms with E-state index in [2.05, 4.69) is 4.90 Å². The van der Waals surface area contributed by atoms with Crippen LogP contribution in [-0.4, -0.2) is 92.2 Å². The maximum atomic E-state index is 12.9. The number of carboxylic acid groups (broad SMARTS) is 2. The van der Waals surface area contributed by atoms with Crippen molar-refractivity contribution >= 4 is 27.6 Å². The van der Waals surface area contributed by atoms with Crippen LogP contribution in [0.25, 0.3) is 0 Å². The van der Waals surface area contributed by atoms with Crippen molar-refractivity contribution in [3.05, 3.63) is 52.1 Å². The molecule has 2 aromatic carbocycles. The molecule has 0 atom stereocenters. The van der Waals surface area contributed by atoms with E-state index in [0.29, 0.717) is 50.0 Å². The van der Waals surface area contributed by atoms with E-state index in [1.807, 2.05) is 12.1 Å². The average molecular weight is 542 g/mol. The molecule has 0 aromatic heterocycles. The maximum Gasteiger partial charge on any atom is 0.414 e. The highest BCUT2D eigenvalue weighted by Gasteiger charge is 2.29. The van der Waals surface area contributed by atoms with Gasteiger partial charge in [0.15, 0.2) is 11.5 Å². The first kappa shape index (κ1) is 29.3. The number of methoxy groups -OCH3 is 3. The monoisotopic (exact) mass is 541 g/mol. The van der Waals surface area contributed by atoms with Gasteiger partial charge in [0.1, 0.15) is 0 Å². The van der Waals surface area contributed by atoms with Crippen LogP contribution in [0.4, 0.5) is 5.69 Å². The smallest absolute Gasteiger partial charge is 0.414 e. The molecule has 1 heterocycles. The van der Waals surface area contributed by atoms with Gasteiger partial charge >= 0.3 is 11.9 Å². The summed E-state index contributed by atoms with van der Waals surface area (Å²) in [6, 6.07) is 8.70. The first-order valence-corrected chi connectivity index (χ1v) is 12.1. The molecule has 0 spiro atoms. The van der Waals surface area contributed by atoms with Crippen molar-refractivity contribution < 1.29 is 47.4 Å². The number of hydrogen-bond donors (Lipinski definition) is 2. The molecule has 0 bridgehead atoms. The Morgan fingerprint density at radius 1 is 0.919 bits per heavy atom. The second kappa shape index (κ2) is 12.8. The summed E-state index contributed by atoms with van der Waals surface area (Å²) >= 11 is 0. The van der Waals surface area contributed by atoms with E-state index in [0.717, 1.165) is 5.56 Å². The molecule has 1 aliphatic heterocycles. The summed E-state index contributed by atoms with van der Waals surface area (Å²) in [7, 11) is 0.960. The van der Waals surface area contributed by atoms with E-state index in [1.165, 1.54) is 28.6 Å². The van der Waals surface area contributed by atoms with Gasteiger partial charge in [-0.05, 0) is 29.8 Å². The molecule has 0 aliphatic carbocycles. The lowest BCUT2D eigenvalue weighted by Gasteiger charge is -2.34. The number of rotatable bonds is 8. The fourth-order valence-electron chi connectivity index (χ4n) is 3.50. The van der Waals surface area contributed by atoms with Crippen LogP contribution in [0.1, 0.15) is 5.56 Å². The van der Waals surface area contributed by atoms with Crippen molar-refractivity contribution in [2.45, 2.75) is 11.4 Å². The molecule has 1 aliphatic rings. The molecule has 2 aromatic rings. The van der Waals surface area contributed by atoms with Gasteiger partial charge in [0.25, 0.3) is 5.69 Å². The summed E-state index contributed by atoms with van der Waals surface area (Å²) in [5, 5.41) is 25.6. The molecule has 2 N–H and O–H groups in total. The predicted octanol–water partition coefficient (Wildman–Crippen LogP) is 1.28. The Balaban J connectivity index is 0.000000717. The van der Waals surface area contributed by atoms with Crippen LogP contribution >= 0.6 is 0 Å². The lowest BCUT2D eigenvalue weighted by molar-refractivity contribution is -0.384. The Bertz CT molecular complexity index is 1190. The molecule has 3 rings (SSSR count). The van der Waals surface area contributed by atoms with Crippen LogP contribution in [-0.2, 0) is 26.2 Å². The molecule has 0 saturated carbocycles. The van der Waals surface area contributed by atoms with Gasteiger partial charge in [-0.15, -0.1) is 0 Å².